The summed E-state index contributed by atoms with van der Waals surface area (Å²) < 4.78 is 10.5. The molecular formula is C13H15ClO2. The minimum absolute atomic E-state index is 0.170. The Balaban J connectivity index is 2.33. The zero-order valence-corrected chi connectivity index (χ0v) is 10.3. The molecule has 1 aliphatic rings. The average molecular weight is 239 g/mol. The van der Waals surface area contributed by atoms with Gasteiger partial charge in [-0.3, -0.25) is 0 Å². The molecule has 0 saturated heterocycles. The number of alkyl halides is 1. The number of hydrogen-bond acceptors (Lipinski definition) is 2. The van der Waals surface area contributed by atoms with Crippen molar-refractivity contribution in [2.45, 2.75) is 18.2 Å². The fourth-order valence-electron chi connectivity index (χ4n) is 1.95. The van der Waals surface area contributed by atoms with Crippen LogP contribution < -0.4 is 9.47 Å². The second kappa shape index (κ2) is 4.79. The molecule has 1 atom stereocenters. The van der Waals surface area contributed by atoms with Crippen LogP contribution in [0, 0.1) is 0 Å². The van der Waals surface area contributed by atoms with Gasteiger partial charge in [0.1, 0.15) is 0 Å². The van der Waals surface area contributed by atoms with Gasteiger partial charge < -0.3 is 9.47 Å². The average Bonchev–Trinajstić information content (AvgIpc) is 2.75. The molecule has 0 N–H and O–H groups in total. The summed E-state index contributed by atoms with van der Waals surface area (Å²) in [6.07, 6.45) is 4.16. The summed E-state index contributed by atoms with van der Waals surface area (Å²) in [7, 11) is 3.29. The summed E-state index contributed by atoms with van der Waals surface area (Å²) in [6.45, 7) is 0. The third kappa shape index (κ3) is 2.17. The van der Waals surface area contributed by atoms with Crippen LogP contribution in [-0.4, -0.2) is 19.6 Å². The zero-order valence-electron chi connectivity index (χ0n) is 9.50. The van der Waals surface area contributed by atoms with Crippen molar-refractivity contribution in [2.75, 3.05) is 14.2 Å². The Morgan fingerprint density at radius 3 is 2.50 bits per heavy atom. The van der Waals surface area contributed by atoms with Crippen molar-refractivity contribution < 1.29 is 9.47 Å². The van der Waals surface area contributed by atoms with Gasteiger partial charge in [0.2, 0.25) is 0 Å². The fraction of sp³-hybridized carbons (Fsp3) is 0.385. The van der Waals surface area contributed by atoms with Crippen LogP contribution in [0.3, 0.4) is 0 Å². The first-order valence-corrected chi connectivity index (χ1v) is 5.75. The molecule has 1 aromatic carbocycles. The summed E-state index contributed by atoms with van der Waals surface area (Å²) >= 11 is 6.06. The minimum Gasteiger partial charge on any atom is -0.493 e. The molecule has 0 radical (unpaired) electrons. The third-order valence-electron chi connectivity index (χ3n) is 2.83. The van der Waals surface area contributed by atoms with Crippen molar-refractivity contribution in [1.29, 1.82) is 0 Å². The highest BCUT2D eigenvalue weighted by Gasteiger charge is 2.15. The van der Waals surface area contributed by atoms with Gasteiger partial charge in [0.15, 0.2) is 11.5 Å². The Labute approximate surface area is 101 Å². The van der Waals surface area contributed by atoms with Gasteiger partial charge in [-0.1, -0.05) is 12.1 Å². The Kier molecular flexibility index (Phi) is 3.39. The normalized spacial score (nSPS) is 19.4. The van der Waals surface area contributed by atoms with Gasteiger partial charge in [-0.05, 0) is 36.1 Å². The number of rotatable bonds is 3. The molecule has 0 amide bonds. The van der Waals surface area contributed by atoms with Crippen LogP contribution in [0.4, 0.5) is 0 Å². The van der Waals surface area contributed by atoms with Crippen LogP contribution in [0.25, 0.3) is 5.57 Å². The van der Waals surface area contributed by atoms with E-state index in [4.69, 9.17) is 21.1 Å². The molecular weight excluding hydrogens is 224 g/mol. The van der Waals surface area contributed by atoms with Gasteiger partial charge >= 0.3 is 0 Å². The first-order valence-electron chi connectivity index (χ1n) is 5.31. The molecule has 0 heterocycles. The lowest BCUT2D eigenvalue weighted by Gasteiger charge is -2.09. The van der Waals surface area contributed by atoms with E-state index in [1.165, 1.54) is 11.1 Å². The summed E-state index contributed by atoms with van der Waals surface area (Å²) in [4.78, 5) is 0. The standard InChI is InChI=1S/C13H15ClO2/c1-15-12-6-4-10(8-13(12)16-2)9-3-5-11(14)7-9/h4,6-8,11H,3,5H2,1-2H3. The van der Waals surface area contributed by atoms with Crippen molar-refractivity contribution >= 4 is 17.2 Å². The Bertz CT molecular complexity index is 412. The lowest BCUT2D eigenvalue weighted by Crippen LogP contribution is -1.91. The Hall–Kier alpha value is -1.15. The maximum Gasteiger partial charge on any atom is 0.161 e. The summed E-state index contributed by atoms with van der Waals surface area (Å²) in [5.74, 6) is 1.52. The first-order chi connectivity index (χ1) is 7.74. The molecule has 2 nitrogen and oxygen atoms in total. The quantitative estimate of drug-likeness (QED) is 0.751. The van der Waals surface area contributed by atoms with E-state index in [2.05, 4.69) is 6.08 Å². The second-order valence-corrected chi connectivity index (χ2v) is 4.38. The molecule has 0 spiro atoms. The van der Waals surface area contributed by atoms with Crippen molar-refractivity contribution in [3.05, 3.63) is 29.8 Å². The zero-order chi connectivity index (χ0) is 11.5. The smallest absolute Gasteiger partial charge is 0.161 e. The van der Waals surface area contributed by atoms with Crippen LogP contribution >= 0.6 is 11.6 Å². The van der Waals surface area contributed by atoms with Crippen LogP contribution in [-0.2, 0) is 0 Å². The van der Waals surface area contributed by atoms with Crippen molar-refractivity contribution in [2.24, 2.45) is 0 Å². The molecule has 16 heavy (non-hydrogen) atoms. The minimum atomic E-state index is 0.170. The van der Waals surface area contributed by atoms with Crippen molar-refractivity contribution in [1.82, 2.24) is 0 Å². The Morgan fingerprint density at radius 2 is 1.94 bits per heavy atom. The van der Waals surface area contributed by atoms with Crippen molar-refractivity contribution in [3.63, 3.8) is 0 Å². The number of benzene rings is 1. The molecule has 0 bridgehead atoms. The first kappa shape index (κ1) is 11.3. The van der Waals surface area contributed by atoms with Gasteiger partial charge in [0.25, 0.3) is 0 Å². The van der Waals surface area contributed by atoms with E-state index in [1.807, 2.05) is 18.2 Å². The molecule has 2 rings (SSSR count). The molecule has 0 saturated carbocycles. The molecule has 86 valence electrons. The number of methoxy groups -OCH3 is 2. The molecule has 0 fully saturated rings. The molecule has 1 aliphatic carbocycles. The van der Waals surface area contributed by atoms with E-state index in [0.29, 0.717) is 0 Å². The number of halogens is 1. The fourth-order valence-corrected chi connectivity index (χ4v) is 2.22. The molecule has 1 unspecified atom stereocenters. The summed E-state index contributed by atoms with van der Waals surface area (Å²) in [5.41, 5.74) is 2.46. The summed E-state index contributed by atoms with van der Waals surface area (Å²) in [5, 5.41) is 0.170. The Morgan fingerprint density at radius 1 is 1.19 bits per heavy atom. The topological polar surface area (TPSA) is 18.5 Å². The van der Waals surface area contributed by atoms with Crippen molar-refractivity contribution in [3.8, 4) is 11.5 Å². The second-order valence-electron chi connectivity index (χ2n) is 3.82. The predicted molar refractivity (Wildman–Crippen MR) is 66.4 cm³/mol. The predicted octanol–water partition coefficient (Wildman–Crippen LogP) is 3.49. The highest BCUT2D eigenvalue weighted by molar-refractivity contribution is 6.22. The van der Waals surface area contributed by atoms with E-state index < -0.39 is 0 Å². The van der Waals surface area contributed by atoms with E-state index >= 15 is 0 Å². The number of ether oxygens (including phenoxy) is 2. The molecule has 3 heteroatoms. The number of hydrogen-bond donors (Lipinski definition) is 0. The highest BCUT2D eigenvalue weighted by Crippen LogP contribution is 2.35. The molecule has 0 aliphatic heterocycles. The summed E-state index contributed by atoms with van der Waals surface area (Å²) in [6, 6.07) is 5.97. The van der Waals surface area contributed by atoms with Gasteiger partial charge in [-0.25, -0.2) is 0 Å². The van der Waals surface area contributed by atoms with Crippen LogP contribution in [0.1, 0.15) is 18.4 Å². The van der Waals surface area contributed by atoms with Gasteiger partial charge in [0.05, 0.1) is 19.6 Å². The maximum absolute atomic E-state index is 6.06. The highest BCUT2D eigenvalue weighted by atomic mass is 35.5. The largest absolute Gasteiger partial charge is 0.493 e. The van der Waals surface area contributed by atoms with E-state index in [-0.39, 0.29) is 5.38 Å². The molecule has 1 aromatic rings. The van der Waals surface area contributed by atoms with Gasteiger partial charge in [0, 0.05) is 0 Å². The third-order valence-corrected chi connectivity index (χ3v) is 3.17. The number of allylic oxidation sites excluding steroid dienone is 2. The monoisotopic (exact) mass is 238 g/mol. The lowest BCUT2D eigenvalue weighted by atomic mass is 10.1. The SMILES string of the molecule is COc1ccc(C2=CC(Cl)CC2)cc1OC. The van der Waals surface area contributed by atoms with Crippen LogP contribution in [0.5, 0.6) is 11.5 Å². The van der Waals surface area contributed by atoms with Gasteiger partial charge in [-0.15, -0.1) is 11.6 Å². The van der Waals surface area contributed by atoms with Crippen LogP contribution in [0.2, 0.25) is 0 Å². The lowest BCUT2D eigenvalue weighted by molar-refractivity contribution is 0.355. The van der Waals surface area contributed by atoms with E-state index in [0.717, 1.165) is 24.3 Å². The van der Waals surface area contributed by atoms with Gasteiger partial charge in [-0.2, -0.15) is 0 Å². The maximum atomic E-state index is 6.06. The van der Waals surface area contributed by atoms with E-state index in [9.17, 15) is 0 Å². The van der Waals surface area contributed by atoms with Crippen LogP contribution in [0.15, 0.2) is 24.3 Å². The van der Waals surface area contributed by atoms with E-state index in [1.54, 1.807) is 14.2 Å². The molecule has 0 aromatic heterocycles.